The van der Waals surface area contributed by atoms with E-state index in [1.165, 1.54) is 9.21 Å². The van der Waals surface area contributed by atoms with Crippen LogP contribution in [0.5, 0.6) is 0 Å². The van der Waals surface area contributed by atoms with E-state index in [9.17, 15) is 23.1 Å². The Morgan fingerprint density at radius 3 is 2.36 bits per heavy atom. The highest BCUT2D eigenvalue weighted by Crippen LogP contribution is 2.44. The summed E-state index contributed by atoms with van der Waals surface area (Å²) in [4.78, 5) is 26.1. The van der Waals surface area contributed by atoms with Gasteiger partial charge in [0.15, 0.2) is 0 Å². The van der Waals surface area contributed by atoms with Crippen LogP contribution in [0.25, 0.3) is 6.08 Å². The lowest BCUT2D eigenvalue weighted by Gasteiger charge is -2.24. The maximum absolute atomic E-state index is 12.7. The molecular formula is C17H20N2O5S. The van der Waals surface area contributed by atoms with Crippen LogP contribution in [0.4, 0.5) is 0 Å². The number of benzene rings is 1. The lowest BCUT2D eigenvalue weighted by Crippen LogP contribution is -2.42. The van der Waals surface area contributed by atoms with E-state index in [1.54, 1.807) is 30.3 Å². The van der Waals surface area contributed by atoms with Crippen molar-refractivity contribution in [1.82, 2.24) is 9.21 Å². The first-order valence-electron chi connectivity index (χ1n) is 7.88. The minimum absolute atomic E-state index is 0.0149. The fraction of sp³-hybridized carbons (Fsp3) is 0.412. The van der Waals surface area contributed by atoms with Crippen LogP contribution in [0.15, 0.2) is 30.8 Å². The first-order valence-corrected chi connectivity index (χ1v) is 9.72. The van der Waals surface area contributed by atoms with E-state index < -0.39 is 27.3 Å². The number of carboxylic acid groups (broad SMARTS) is 1. The van der Waals surface area contributed by atoms with Gasteiger partial charge in [-0.3, -0.25) is 9.59 Å². The van der Waals surface area contributed by atoms with Crippen molar-refractivity contribution in [3.8, 4) is 0 Å². The molecule has 2 aliphatic rings. The van der Waals surface area contributed by atoms with Gasteiger partial charge in [-0.15, -0.1) is 0 Å². The molecular weight excluding hydrogens is 344 g/mol. The molecule has 25 heavy (non-hydrogen) atoms. The number of aliphatic carboxylic acids is 1. The van der Waals surface area contributed by atoms with Crippen molar-refractivity contribution >= 4 is 28.0 Å². The SMILES string of the molecule is C=Cc1ccc(C(=O)N2C[C@@H]3CN(S(C)(=O)=O)C[C@]3(C(=O)O)C2)cc1. The summed E-state index contributed by atoms with van der Waals surface area (Å²) in [5.74, 6) is -1.70. The Morgan fingerprint density at radius 2 is 1.88 bits per heavy atom. The molecule has 0 aliphatic carbocycles. The van der Waals surface area contributed by atoms with Gasteiger partial charge in [0.25, 0.3) is 5.91 Å². The molecule has 2 aliphatic heterocycles. The molecule has 8 heteroatoms. The van der Waals surface area contributed by atoms with Crippen LogP contribution in [-0.4, -0.2) is 67.0 Å². The van der Waals surface area contributed by atoms with E-state index >= 15 is 0 Å². The number of likely N-dealkylation sites (tertiary alicyclic amines) is 1. The van der Waals surface area contributed by atoms with Gasteiger partial charge in [-0.05, 0) is 17.7 Å². The summed E-state index contributed by atoms with van der Waals surface area (Å²) in [5, 5.41) is 9.73. The highest BCUT2D eigenvalue weighted by Gasteiger charge is 2.60. The summed E-state index contributed by atoms with van der Waals surface area (Å²) >= 11 is 0. The average Bonchev–Trinajstić information content (AvgIpc) is 3.09. The first-order chi connectivity index (χ1) is 11.7. The third kappa shape index (κ3) is 2.96. The molecule has 2 fully saturated rings. The van der Waals surface area contributed by atoms with Crippen molar-refractivity contribution in [2.24, 2.45) is 11.3 Å². The molecule has 0 bridgehead atoms. The molecule has 2 atom stereocenters. The lowest BCUT2D eigenvalue weighted by atomic mass is 9.81. The standard InChI is InChI=1S/C17H20N2O5S/c1-3-12-4-6-13(7-5-12)15(20)18-8-14-9-19(25(2,23)24)11-17(14,10-18)16(21)22/h3-7,14H,1,8-11H2,2H3,(H,21,22)/t14-,17-/m1/s1. The van der Waals surface area contributed by atoms with Gasteiger partial charge in [-0.25, -0.2) is 12.7 Å². The molecule has 1 aromatic rings. The molecule has 2 saturated heterocycles. The van der Waals surface area contributed by atoms with Crippen LogP contribution in [-0.2, 0) is 14.8 Å². The molecule has 2 heterocycles. The maximum Gasteiger partial charge on any atom is 0.313 e. The summed E-state index contributed by atoms with van der Waals surface area (Å²) < 4.78 is 24.7. The molecule has 7 nitrogen and oxygen atoms in total. The van der Waals surface area contributed by atoms with Crippen LogP contribution in [0.3, 0.4) is 0 Å². The first kappa shape index (κ1) is 17.6. The second kappa shape index (κ2) is 5.96. The van der Waals surface area contributed by atoms with E-state index in [0.29, 0.717) is 5.56 Å². The molecule has 0 saturated carbocycles. The number of rotatable bonds is 4. The Bertz CT molecular complexity index is 833. The molecule has 3 rings (SSSR count). The van der Waals surface area contributed by atoms with Crippen molar-refractivity contribution < 1.29 is 23.1 Å². The fourth-order valence-electron chi connectivity index (χ4n) is 3.67. The highest BCUT2D eigenvalue weighted by molar-refractivity contribution is 7.88. The fourth-order valence-corrected chi connectivity index (χ4v) is 4.59. The quantitative estimate of drug-likeness (QED) is 0.851. The van der Waals surface area contributed by atoms with E-state index in [2.05, 4.69) is 6.58 Å². The van der Waals surface area contributed by atoms with E-state index in [1.807, 2.05) is 0 Å². The second-order valence-corrected chi connectivity index (χ2v) is 8.71. The Morgan fingerprint density at radius 1 is 1.24 bits per heavy atom. The van der Waals surface area contributed by atoms with Gasteiger partial charge in [-0.1, -0.05) is 24.8 Å². The minimum atomic E-state index is -3.46. The summed E-state index contributed by atoms with van der Waals surface area (Å²) in [6, 6.07) is 6.92. The number of nitrogens with zero attached hydrogens (tertiary/aromatic N) is 2. The number of fused-ring (bicyclic) bond motifs is 1. The molecule has 0 aromatic heterocycles. The third-order valence-electron chi connectivity index (χ3n) is 5.15. The third-order valence-corrected chi connectivity index (χ3v) is 6.37. The van der Waals surface area contributed by atoms with Gasteiger partial charge in [0.05, 0.1) is 6.26 Å². The monoisotopic (exact) mass is 364 g/mol. The molecule has 1 N–H and O–H groups in total. The van der Waals surface area contributed by atoms with Crippen molar-refractivity contribution in [2.45, 2.75) is 0 Å². The van der Waals surface area contributed by atoms with Gasteiger partial charge >= 0.3 is 5.97 Å². The number of amides is 1. The van der Waals surface area contributed by atoms with Gasteiger partial charge < -0.3 is 10.0 Å². The molecule has 134 valence electrons. The molecule has 1 aromatic carbocycles. The maximum atomic E-state index is 12.7. The van der Waals surface area contributed by atoms with Gasteiger partial charge in [-0.2, -0.15) is 0 Å². The van der Waals surface area contributed by atoms with Crippen LogP contribution < -0.4 is 0 Å². The largest absolute Gasteiger partial charge is 0.481 e. The Hall–Kier alpha value is -2.19. The van der Waals surface area contributed by atoms with Gasteiger partial charge in [0.1, 0.15) is 5.41 Å². The zero-order chi connectivity index (χ0) is 18.4. The smallest absolute Gasteiger partial charge is 0.313 e. The van der Waals surface area contributed by atoms with Crippen molar-refractivity contribution in [2.75, 3.05) is 32.4 Å². The van der Waals surface area contributed by atoms with E-state index in [0.717, 1.165) is 11.8 Å². The summed E-state index contributed by atoms with van der Waals surface area (Å²) in [7, 11) is -3.46. The average molecular weight is 364 g/mol. The van der Waals surface area contributed by atoms with E-state index in [-0.39, 0.29) is 32.1 Å². The number of hydrogen-bond acceptors (Lipinski definition) is 4. The minimum Gasteiger partial charge on any atom is -0.481 e. The zero-order valence-electron chi connectivity index (χ0n) is 13.9. The summed E-state index contributed by atoms with van der Waals surface area (Å²) in [6.07, 6.45) is 2.75. The highest BCUT2D eigenvalue weighted by atomic mass is 32.2. The Balaban J connectivity index is 1.83. The number of carboxylic acids is 1. The number of carbonyl (C=O) groups is 2. The molecule has 0 unspecified atom stereocenters. The number of hydrogen-bond donors (Lipinski definition) is 1. The molecule has 1 amide bonds. The van der Waals surface area contributed by atoms with Crippen molar-refractivity contribution in [3.05, 3.63) is 42.0 Å². The lowest BCUT2D eigenvalue weighted by molar-refractivity contribution is -0.148. The Labute approximate surface area is 146 Å². The van der Waals surface area contributed by atoms with Crippen LogP contribution in [0.2, 0.25) is 0 Å². The second-order valence-electron chi connectivity index (χ2n) is 6.73. The topological polar surface area (TPSA) is 95.0 Å². The summed E-state index contributed by atoms with van der Waals surface area (Å²) in [5.41, 5.74) is 0.131. The molecule has 0 spiro atoms. The zero-order valence-corrected chi connectivity index (χ0v) is 14.7. The van der Waals surface area contributed by atoms with Crippen LogP contribution >= 0.6 is 0 Å². The molecule has 0 radical (unpaired) electrons. The summed E-state index contributed by atoms with van der Waals surface area (Å²) in [6.45, 7) is 3.95. The number of sulfonamides is 1. The van der Waals surface area contributed by atoms with Crippen LogP contribution in [0.1, 0.15) is 15.9 Å². The van der Waals surface area contributed by atoms with Gasteiger partial charge in [0.2, 0.25) is 10.0 Å². The van der Waals surface area contributed by atoms with Crippen molar-refractivity contribution in [3.63, 3.8) is 0 Å². The van der Waals surface area contributed by atoms with E-state index in [4.69, 9.17) is 0 Å². The van der Waals surface area contributed by atoms with Crippen LogP contribution in [0, 0.1) is 11.3 Å². The Kier molecular flexibility index (Phi) is 4.20. The van der Waals surface area contributed by atoms with Crippen molar-refractivity contribution in [1.29, 1.82) is 0 Å². The van der Waals surface area contributed by atoms with Gasteiger partial charge in [0, 0.05) is 37.7 Å². The predicted octanol–water partition coefficient (Wildman–Crippen LogP) is 0.748. The normalized spacial score (nSPS) is 26.4. The number of carbonyl (C=O) groups excluding carboxylic acids is 1. The predicted molar refractivity (Wildman–Crippen MR) is 92.4 cm³/mol.